The molecular weight excluding hydrogens is 257 g/mol. The Bertz CT molecular complexity index is 680. The number of rotatable bonds is 3. The molecule has 0 N–H and O–H groups in total. The fourth-order valence-electron chi connectivity index (χ4n) is 1.97. The maximum atomic E-state index is 13.0. The summed E-state index contributed by atoms with van der Waals surface area (Å²) in [5.74, 6) is -0.934. The van der Waals surface area contributed by atoms with Crippen LogP contribution in [0.25, 0.3) is 0 Å². The second-order valence-electron chi connectivity index (χ2n) is 4.37. The molecule has 0 aromatic heterocycles. The van der Waals surface area contributed by atoms with Crippen molar-refractivity contribution in [2.45, 2.75) is 13.0 Å². The summed E-state index contributed by atoms with van der Waals surface area (Å²) in [5.41, 5.74) is 2.17. The van der Waals surface area contributed by atoms with Crippen LogP contribution in [-0.2, 0) is 4.74 Å². The molecule has 20 heavy (non-hydrogen) atoms. The molecule has 1 heterocycles. The summed E-state index contributed by atoms with van der Waals surface area (Å²) in [6.45, 7) is 5.06. The van der Waals surface area contributed by atoms with Gasteiger partial charge in [0.25, 0.3) is 0 Å². The van der Waals surface area contributed by atoms with Gasteiger partial charge < -0.3 is 4.74 Å². The zero-order chi connectivity index (χ0) is 14.7. The minimum atomic E-state index is -0.542. The number of nitriles is 1. The normalized spacial score (nSPS) is 18.2. The van der Waals surface area contributed by atoms with E-state index in [2.05, 4.69) is 6.58 Å². The molecule has 0 amide bonds. The van der Waals surface area contributed by atoms with Crippen LogP contribution in [0.5, 0.6) is 0 Å². The van der Waals surface area contributed by atoms with Crippen molar-refractivity contribution in [3.8, 4) is 6.07 Å². The topological polar surface area (TPSA) is 50.1 Å². The molecule has 100 valence electrons. The number of hydrogen-bond acceptors (Lipinski definition) is 3. The van der Waals surface area contributed by atoms with Crippen LogP contribution < -0.4 is 0 Å². The Labute approximate surface area is 116 Å². The molecule has 0 fully saturated rings. The quantitative estimate of drug-likeness (QED) is 0.620. The van der Waals surface area contributed by atoms with Crippen molar-refractivity contribution in [1.29, 1.82) is 5.26 Å². The number of ether oxygens (including phenoxy) is 1. The van der Waals surface area contributed by atoms with Crippen molar-refractivity contribution < 1.29 is 13.9 Å². The second-order valence-corrected chi connectivity index (χ2v) is 4.37. The molecule has 4 heteroatoms. The summed E-state index contributed by atoms with van der Waals surface area (Å²) in [7, 11) is 0. The lowest BCUT2D eigenvalue weighted by Crippen LogP contribution is -1.99. The number of allylic oxidation sites excluding steroid dienone is 4. The molecule has 1 aliphatic rings. The van der Waals surface area contributed by atoms with Crippen LogP contribution in [0.2, 0.25) is 0 Å². The van der Waals surface area contributed by atoms with Gasteiger partial charge in [-0.3, -0.25) is 0 Å². The first-order valence-electron chi connectivity index (χ1n) is 5.98. The van der Waals surface area contributed by atoms with E-state index in [4.69, 9.17) is 10.00 Å². The number of cyclic esters (lactones) is 1. The van der Waals surface area contributed by atoms with Crippen LogP contribution in [0.3, 0.4) is 0 Å². The lowest BCUT2D eigenvalue weighted by molar-refractivity contribution is 0.0449. The Morgan fingerprint density at radius 3 is 2.90 bits per heavy atom. The minimum Gasteiger partial charge on any atom is -0.449 e. The van der Waals surface area contributed by atoms with Gasteiger partial charge in [-0.1, -0.05) is 18.7 Å². The number of carbonyl (C=O) groups excluding carboxylic acids is 1. The molecule has 0 saturated carbocycles. The predicted molar refractivity (Wildman–Crippen MR) is 72.5 cm³/mol. The second kappa shape index (κ2) is 5.54. The highest BCUT2D eigenvalue weighted by molar-refractivity contribution is 5.94. The van der Waals surface area contributed by atoms with Gasteiger partial charge in [0.2, 0.25) is 0 Å². The van der Waals surface area contributed by atoms with Gasteiger partial charge in [0.1, 0.15) is 11.9 Å². The number of halogens is 1. The van der Waals surface area contributed by atoms with Gasteiger partial charge in [-0.15, -0.1) is 0 Å². The van der Waals surface area contributed by atoms with Gasteiger partial charge in [0.15, 0.2) is 0 Å². The van der Waals surface area contributed by atoms with Crippen LogP contribution in [-0.4, -0.2) is 5.97 Å². The summed E-state index contributed by atoms with van der Waals surface area (Å²) >= 11 is 0. The summed E-state index contributed by atoms with van der Waals surface area (Å²) < 4.78 is 18.3. The van der Waals surface area contributed by atoms with Crippen molar-refractivity contribution in [3.63, 3.8) is 0 Å². The van der Waals surface area contributed by atoms with Gasteiger partial charge in [-0.2, -0.15) is 5.26 Å². The molecule has 1 atom stereocenters. The monoisotopic (exact) mass is 269 g/mol. The molecule has 2 rings (SSSR count). The highest BCUT2D eigenvalue weighted by Gasteiger charge is 2.31. The van der Waals surface area contributed by atoms with E-state index in [-0.39, 0.29) is 0 Å². The SMILES string of the molecule is C=C/C(F)=C\C=C(/C)C1OC(=O)c2cc(C#N)ccc21. The Morgan fingerprint density at radius 2 is 2.25 bits per heavy atom. The summed E-state index contributed by atoms with van der Waals surface area (Å²) in [6.07, 6.45) is 3.36. The third kappa shape index (κ3) is 2.52. The molecule has 0 radical (unpaired) electrons. The van der Waals surface area contributed by atoms with Crippen molar-refractivity contribution in [2.24, 2.45) is 0 Å². The van der Waals surface area contributed by atoms with Crippen LogP contribution in [0.15, 0.2) is 54.4 Å². The van der Waals surface area contributed by atoms with E-state index in [1.165, 1.54) is 12.1 Å². The Kier molecular flexibility index (Phi) is 3.81. The molecule has 1 unspecified atom stereocenters. The number of hydrogen-bond donors (Lipinski definition) is 0. The Morgan fingerprint density at radius 1 is 1.50 bits per heavy atom. The van der Waals surface area contributed by atoms with E-state index < -0.39 is 17.9 Å². The predicted octanol–water partition coefficient (Wildman–Crippen LogP) is 3.76. The Hall–Kier alpha value is -2.67. The minimum absolute atomic E-state index is 0.384. The lowest BCUT2D eigenvalue weighted by atomic mass is 9.98. The fraction of sp³-hybridized carbons (Fsp3) is 0.125. The van der Waals surface area contributed by atoms with E-state index in [0.717, 1.165) is 6.08 Å². The lowest BCUT2D eigenvalue weighted by Gasteiger charge is -2.10. The van der Waals surface area contributed by atoms with Gasteiger partial charge in [0, 0.05) is 5.56 Å². The maximum Gasteiger partial charge on any atom is 0.339 e. The third-order valence-electron chi connectivity index (χ3n) is 3.02. The summed E-state index contributed by atoms with van der Waals surface area (Å²) in [4.78, 5) is 11.8. The third-order valence-corrected chi connectivity index (χ3v) is 3.02. The van der Waals surface area contributed by atoms with Crippen molar-refractivity contribution in [1.82, 2.24) is 0 Å². The number of carbonyl (C=O) groups is 1. The highest BCUT2D eigenvalue weighted by Crippen LogP contribution is 2.36. The summed E-state index contributed by atoms with van der Waals surface area (Å²) in [5, 5.41) is 8.83. The molecule has 0 aliphatic carbocycles. The van der Waals surface area contributed by atoms with Crippen LogP contribution in [0.4, 0.5) is 4.39 Å². The van der Waals surface area contributed by atoms with E-state index in [9.17, 15) is 9.18 Å². The first-order chi connectivity index (χ1) is 9.56. The van der Waals surface area contributed by atoms with Crippen molar-refractivity contribution >= 4 is 5.97 Å². The van der Waals surface area contributed by atoms with Crippen molar-refractivity contribution in [3.05, 3.63) is 71.1 Å². The first-order valence-corrected chi connectivity index (χ1v) is 5.98. The van der Waals surface area contributed by atoms with Crippen molar-refractivity contribution in [2.75, 3.05) is 0 Å². The molecule has 3 nitrogen and oxygen atoms in total. The smallest absolute Gasteiger partial charge is 0.339 e. The van der Waals surface area contributed by atoms with E-state index >= 15 is 0 Å². The molecule has 0 spiro atoms. The number of esters is 1. The molecule has 1 aliphatic heterocycles. The molecule has 0 bridgehead atoms. The zero-order valence-electron chi connectivity index (χ0n) is 10.9. The molecule has 0 saturated heterocycles. The fourth-order valence-corrected chi connectivity index (χ4v) is 1.97. The van der Waals surface area contributed by atoms with E-state index in [0.29, 0.717) is 22.3 Å². The first kappa shape index (κ1) is 13.8. The van der Waals surface area contributed by atoms with Crippen LogP contribution >= 0.6 is 0 Å². The number of fused-ring (bicyclic) bond motifs is 1. The number of benzene rings is 1. The Balaban J connectivity index is 2.38. The van der Waals surface area contributed by atoms with E-state index in [1.807, 2.05) is 6.07 Å². The van der Waals surface area contributed by atoms with Gasteiger partial charge >= 0.3 is 5.97 Å². The summed E-state index contributed by atoms with van der Waals surface area (Å²) in [6, 6.07) is 6.80. The number of nitrogens with zero attached hydrogens (tertiary/aromatic N) is 1. The highest BCUT2D eigenvalue weighted by atomic mass is 19.1. The molecular formula is C16H12FNO2. The van der Waals surface area contributed by atoms with Crippen LogP contribution in [0, 0.1) is 11.3 Å². The molecule has 1 aromatic carbocycles. The van der Waals surface area contributed by atoms with Gasteiger partial charge in [-0.25, -0.2) is 9.18 Å². The average molecular weight is 269 g/mol. The van der Waals surface area contributed by atoms with Gasteiger partial charge in [0.05, 0.1) is 17.2 Å². The van der Waals surface area contributed by atoms with Gasteiger partial charge in [-0.05, 0) is 36.8 Å². The van der Waals surface area contributed by atoms with Crippen LogP contribution in [0.1, 0.15) is 34.5 Å². The average Bonchev–Trinajstić information content (AvgIpc) is 2.81. The zero-order valence-corrected chi connectivity index (χ0v) is 10.9. The molecule has 1 aromatic rings. The maximum absolute atomic E-state index is 13.0. The largest absolute Gasteiger partial charge is 0.449 e. The van der Waals surface area contributed by atoms with E-state index in [1.54, 1.807) is 25.1 Å². The standard InChI is InChI=1S/C16H12FNO2/c1-3-12(17)6-4-10(2)15-13-7-5-11(9-18)8-14(13)16(19)20-15/h3-8,15H,1H2,2H3/b10-4+,12-6+.